The third-order valence-corrected chi connectivity index (χ3v) is 4.99. The Morgan fingerprint density at radius 3 is 2.62 bits per heavy atom. The second kappa shape index (κ2) is 11.1. The van der Waals surface area contributed by atoms with Crippen LogP contribution in [-0.4, -0.2) is 41.6 Å². The first kappa shape index (κ1) is 20.5. The highest BCUT2D eigenvalue weighted by molar-refractivity contribution is 8.00. The normalized spacial score (nSPS) is 12.2. The fraction of sp³-hybridized carbons (Fsp3) is 0.556. The average Bonchev–Trinajstić information content (AvgIpc) is 2.56. The Bertz CT molecular complexity index is 537. The van der Waals surface area contributed by atoms with Crippen LogP contribution in [0.15, 0.2) is 29.2 Å². The summed E-state index contributed by atoms with van der Waals surface area (Å²) in [4.78, 5) is 26.5. The number of primary amides is 1. The highest BCUT2D eigenvalue weighted by atomic mass is 32.2. The molecule has 0 bridgehead atoms. The maximum atomic E-state index is 12.4. The molecular weight excluding hydrogens is 322 g/mol. The van der Waals surface area contributed by atoms with Gasteiger partial charge in [0.1, 0.15) is 0 Å². The van der Waals surface area contributed by atoms with Crippen LogP contribution in [0, 0.1) is 0 Å². The summed E-state index contributed by atoms with van der Waals surface area (Å²) >= 11 is 1.34. The lowest BCUT2D eigenvalue weighted by molar-refractivity contribution is -0.118. The van der Waals surface area contributed by atoms with Gasteiger partial charge in [-0.25, -0.2) is 0 Å². The highest BCUT2D eigenvalue weighted by Gasteiger charge is 2.16. The molecule has 0 fully saturated rings. The Kier molecular flexibility index (Phi) is 9.49. The summed E-state index contributed by atoms with van der Waals surface area (Å²) in [6, 6.07) is 7.86. The molecule has 0 heterocycles. The SMILES string of the molecule is CCCCN(CC(=O)Nc1ccccc1SCC(N)=O)[C@H](C)CC. The molecule has 2 amide bonds. The second-order valence-corrected chi connectivity index (χ2v) is 6.90. The Balaban J connectivity index is 2.70. The summed E-state index contributed by atoms with van der Waals surface area (Å²) in [6.07, 6.45) is 3.21. The molecular formula is C18H29N3O2S. The fourth-order valence-corrected chi connectivity index (χ4v) is 3.04. The molecule has 6 heteroatoms. The number of hydrogen-bond acceptors (Lipinski definition) is 4. The standard InChI is InChI=1S/C18H29N3O2S/c1-4-6-11-21(14(3)5-2)12-18(23)20-15-9-7-8-10-16(15)24-13-17(19)22/h7-10,14H,4-6,11-13H2,1-3H3,(H2,19,22)(H,20,23)/t14-/m1/s1. The zero-order valence-electron chi connectivity index (χ0n) is 14.9. The van der Waals surface area contributed by atoms with Gasteiger partial charge in [-0.15, -0.1) is 11.8 Å². The Morgan fingerprint density at radius 1 is 1.29 bits per heavy atom. The molecule has 0 saturated heterocycles. The van der Waals surface area contributed by atoms with E-state index in [0.717, 1.165) is 36.4 Å². The molecule has 0 unspecified atom stereocenters. The lowest BCUT2D eigenvalue weighted by Gasteiger charge is -2.27. The predicted octanol–water partition coefficient (Wildman–Crippen LogP) is 3.10. The predicted molar refractivity (Wildman–Crippen MR) is 101 cm³/mol. The molecule has 3 N–H and O–H groups in total. The van der Waals surface area contributed by atoms with Crippen molar-refractivity contribution in [2.75, 3.05) is 24.2 Å². The van der Waals surface area contributed by atoms with Gasteiger partial charge in [0.2, 0.25) is 11.8 Å². The molecule has 24 heavy (non-hydrogen) atoms. The molecule has 5 nitrogen and oxygen atoms in total. The van der Waals surface area contributed by atoms with Gasteiger partial charge in [-0.1, -0.05) is 32.4 Å². The number of nitrogens with zero attached hydrogens (tertiary/aromatic N) is 1. The van der Waals surface area contributed by atoms with Crippen molar-refractivity contribution in [3.05, 3.63) is 24.3 Å². The molecule has 1 aromatic rings. The zero-order valence-corrected chi connectivity index (χ0v) is 15.7. The Labute approximate surface area is 149 Å². The van der Waals surface area contributed by atoms with Gasteiger partial charge in [-0.2, -0.15) is 0 Å². The molecule has 0 radical (unpaired) electrons. The maximum Gasteiger partial charge on any atom is 0.238 e. The maximum absolute atomic E-state index is 12.4. The molecule has 134 valence electrons. The quantitative estimate of drug-likeness (QED) is 0.601. The van der Waals surface area contributed by atoms with Crippen molar-refractivity contribution >= 4 is 29.3 Å². The summed E-state index contributed by atoms with van der Waals surface area (Å²) in [6.45, 7) is 7.75. The van der Waals surface area contributed by atoms with E-state index >= 15 is 0 Å². The van der Waals surface area contributed by atoms with Crippen molar-refractivity contribution in [2.45, 2.75) is 51.0 Å². The minimum atomic E-state index is -0.372. The second-order valence-electron chi connectivity index (χ2n) is 5.88. The van der Waals surface area contributed by atoms with E-state index in [0.29, 0.717) is 12.6 Å². The van der Waals surface area contributed by atoms with E-state index in [2.05, 4.69) is 31.0 Å². The minimum Gasteiger partial charge on any atom is -0.369 e. The Morgan fingerprint density at radius 2 is 2.00 bits per heavy atom. The van der Waals surface area contributed by atoms with Crippen LogP contribution >= 0.6 is 11.8 Å². The zero-order chi connectivity index (χ0) is 17.9. The van der Waals surface area contributed by atoms with Crippen LogP contribution in [0.4, 0.5) is 5.69 Å². The number of anilines is 1. The molecule has 0 aliphatic carbocycles. The average molecular weight is 352 g/mol. The molecule has 1 aromatic carbocycles. The smallest absolute Gasteiger partial charge is 0.238 e. The molecule has 0 aliphatic rings. The first-order chi connectivity index (χ1) is 11.5. The summed E-state index contributed by atoms with van der Waals surface area (Å²) in [5, 5.41) is 2.97. The number of nitrogens with two attached hydrogens (primary N) is 1. The van der Waals surface area contributed by atoms with E-state index in [1.807, 2.05) is 24.3 Å². The third-order valence-electron chi connectivity index (χ3n) is 3.89. The van der Waals surface area contributed by atoms with E-state index in [9.17, 15) is 9.59 Å². The van der Waals surface area contributed by atoms with Gasteiger partial charge < -0.3 is 11.1 Å². The third kappa shape index (κ3) is 7.36. The summed E-state index contributed by atoms with van der Waals surface area (Å²) in [7, 11) is 0. The Hall–Kier alpha value is -1.53. The molecule has 0 spiro atoms. The van der Waals surface area contributed by atoms with Crippen LogP contribution in [-0.2, 0) is 9.59 Å². The molecule has 0 aliphatic heterocycles. The lowest BCUT2D eigenvalue weighted by atomic mass is 10.2. The number of rotatable bonds is 11. The van der Waals surface area contributed by atoms with Gasteiger partial charge in [-0.3, -0.25) is 14.5 Å². The summed E-state index contributed by atoms with van der Waals surface area (Å²) in [5.74, 6) is -0.204. The van der Waals surface area contributed by atoms with Crippen molar-refractivity contribution in [3.63, 3.8) is 0 Å². The number of amides is 2. The molecule has 1 atom stereocenters. The molecule has 1 rings (SSSR count). The highest BCUT2D eigenvalue weighted by Crippen LogP contribution is 2.26. The van der Waals surface area contributed by atoms with E-state index in [1.165, 1.54) is 11.8 Å². The van der Waals surface area contributed by atoms with Gasteiger partial charge in [-0.05, 0) is 38.4 Å². The van der Waals surface area contributed by atoms with Crippen LogP contribution < -0.4 is 11.1 Å². The first-order valence-corrected chi connectivity index (χ1v) is 9.50. The van der Waals surface area contributed by atoms with Crippen LogP contribution in [0.5, 0.6) is 0 Å². The molecule has 0 saturated carbocycles. The lowest BCUT2D eigenvalue weighted by Crippen LogP contribution is -2.39. The van der Waals surface area contributed by atoms with E-state index in [4.69, 9.17) is 5.73 Å². The van der Waals surface area contributed by atoms with Gasteiger partial charge >= 0.3 is 0 Å². The van der Waals surface area contributed by atoms with Crippen LogP contribution in [0.3, 0.4) is 0 Å². The van der Waals surface area contributed by atoms with Gasteiger partial charge in [0.05, 0.1) is 18.0 Å². The van der Waals surface area contributed by atoms with Crippen LogP contribution in [0.1, 0.15) is 40.0 Å². The van der Waals surface area contributed by atoms with E-state index in [1.54, 1.807) is 0 Å². The number of thioether (sulfide) groups is 1. The molecule has 0 aromatic heterocycles. The fourth-order valence-electron chi connectivity index (χ4n) is 2.29. The number of unbranched alkanes of at least 4 members (excludes halogenated alkanes) is 1. The number of benzene rings is 1. The summed E-state index contributed by atoms with van der Waals surface area (Å²) < 4.78 is 0. The minimum absolute atomic E-state index is 0.0291. The van der Waals surface area contributed by atoms with Crippen molar-refractivity contribution < 1.29 is 9.59 Å². The van der Waals surface area contributed by atoms with Crippen molar-refractivity contribution in [1.29, 1.82) is 0 Å². The van der Waals surface area contributed by atoms with Gasteiger partial charge in [0, 0.05) is 10.9 Å². The topological polar surface area (TPSA) is 75.4 Å². The number of hydrogen-bond donors (Lipinski definition) is 2. The van der Waals surface area contributed by atoms with E-state index in [-0.39, 0.29) is 17.6 Å². The first-order valence-electron chi connectivity index (χ1n) is 8.51. The largest absolute Gasteiger partial charge is 0.369 e. The number of carbonyl (C=O) groups is 2. The number of para-hydroxylation sites is 1. The summed E-state index contributed by atoms with van der Waals surface area (Å²) in [5.41, 5.74) is 5.93. The monoisotopic (exact) mass is 351 g/mol. The van der Waals surface area contributed by atoms with Crippen LogP contribution in [0.2, 0.25) is 0 Å². The van der Waals surface area contributed by atoms with Crippen molar-refractivity contribution in [2.24, 2.45) is 5.73 Å². The van der Waals surface area contributed by atoms with Crippen molar-refractivity contribution in [3.8, 4) is 0 Å². The number of carbonyl (C=O) groups excluding carboxylic acids is 2. The van der Waals surface area contributed by atoms with Crippen molar-refractivity contribution in [1.82, 2.24) is 4.90 Å². The number of nitrogens with one attached hydrogen (secondary N) is 1. The van der Waals surface area contributed by atoms with Crippen LogP contribution in [0.25, 0.3) is 0 Å². The van der Waals surface area contributed by atoms with E-state index < -0.39 is 0 Å². The van der Waals surface area contributed by atoms with Gasteiger partial charge in [0.25, 0.3) is 0 Å². The van der Waals surface area contributed by atoms with Gasteiger partial charge in [0.15, 0.2) is 0 Å².